The van der Waals surface area contributed by atoms with Gasteiger partial charge >= 0.3 is 5.97 Å². The zero-order chi connectivity index (χ0) is 9.94. The van der Waals surface area contributed by atoms with Crippen molar-refractivity contribution in [1.82, 2.24) is 0 Å². The van der Waals surface area contributed by atoms with Crippen molar-refractivity contribution >= 4 is 5.97 Å². The Labute approximate surface area is 81.0 Å². The van der Waals surface area contributed by atoms with Crippen molar-refractivity contribution < 1.29 is 9.53 Å². The van der Waals surface area contributed by atoms with Crippen molar-refractivity contribution in [2.45, 2.75) is 44.9 Å². The maximum Gasteiger partial charge on any atom is 0.305 e. The fourth-order valence-corrected chi connectivity index (χ4v) is 1.16. The van der Waals surface area contributed by atoms with Gasteiger partial charge in [0.05, 0.1) is 7.11 Å². The van der Waals surface area contributed by atoms with E-state index in [0.29, 0.717) is 6.42 Å². The van der Waals surface area contributed by atoms with Gasteiger partial charge in [-0.1, -0.05) is 19.3 Å². The Morgan fingerprint density at radius 1 is 1.23 bits per heavy atom. The molecule has 0 saturated carbocycles. The molecule has 0 spiro atoms. The normalized spacial score (nSPS) is 9.54. The van der Waals surface area contributed by atoms with Crippen LogP contribution in [0.3, 0.4) is 0 Å². The molecule has 0 atom stereocenters. The highest BCUT2D eigenvalue weighted by molar-refractivity contribution is 5.68. The second kappa shape index (κ2) is 9.21. The van der Waals surface area contributed by atoms with Crippen molar-refractivity contribution in [3.05, 3.63) is 12.7 Å². The van der Waals surface area contributed by atoms with Crippen molar-refractivity contribution in [3.8, 4) is 0 Å². The Morgan fingerprint density at radius 3 is 2.46 bits per heavy atom. The molecule has 0 rings (SSSR count). The van der Waals surface area contributed by atoms with Gasteiger partial charge in [0.25, 0.3) is 0 Å². The quantitative estimate of drug-likeness (QED) is 0.328. The Kier molecular flexibility index (Phi) is 8.59. The monoisotopic (exact) mass is 183 g/mol. The SMILES string of the molecule is [CH+]=CCCCCCCCC(=O)OC. The van der Waals surface area contributed by atoms with E-state index in [9.17, 15) is 4.79 Å². The average molecular weight is 183 g/mol. The molecule has 0 bridgehead atoms. The van der Waals surface area contributed by atoms with Crippen LogP contribution in [0.25, 0.3) is 0 Å². The first kappa shape index (κ1) is 12.1. The van der Waals surface area contributed by atoms with Crippen LogP contribution in [0.2, 0.25) is 0 Å². The van der Waals surface area contributed by atoms with Gasteiger partial charge in [-0.15, -0.1) is 0 Å². The molecule has 0 aromatic rings. The van der Waals surface area contributed by atoms with E-state index in [4.69, 9.17) is 6.58 Å². The molecule has 0 fully saturated rings. The van der Waals surface area contributed by atoms with Gasteiger partial charge in [-0.3, -0.25) is 4.79 Å². The molecule has 0 aliphatic heterocycles. The summed E-state index contributed by atoms with van der Waals surface area (Å²) in [5.74, 6) is -0.102. The predicted molar refractivity (Wildman–Crippen MR) is 53.2 cm³/mol. The summed E-state index contributed by atoms with van der Waals surface area (Å²) >= 11 is 0. The predicted octanol–water partition coefficient (Wildman–Crippen LogP) is 2.88. The van der Waals surface area contributed by atoms with Gasteiger partial charge in [-0.25, -0.2) is 0 Å². The third-order valence-corrected chi connectivity index (χ3v) is 1.98. The number of rotatable bonds is 8. The standard InChI is InChI=1S/C11H19O2/c1-3-4-5-6-7-8-9-10-11(12)13-2/h1,3H,4-10H2,2H3/q+1. The van der Waals surface area contributed by atoms with E-state index in [1.165, 1.54) is 20.0 Å². The lowest BCUT2D eigenvalue weighted by molar-refractivity contribution is -0.140. The topological polar surface area (TPSA) is 26.3 Å². The molecule has 13 heavy (non-hydrogen) atoms. The van der Waals surface area contributed by atoms with Crippen LogP contribution in [0.15, 0.2) is 6.08 Å². The van der Waals surface area contributed by atoms with E-state index in [2.05, 4.69) is 4.74 Å². The zero-order valence-corrected chi connectivity index (χ0v) is 8.42. The van der Waals surface area contributed by atoms with Crippen LogP contribution in [-0.2, 0) is 9.53 Å². The van der Waals surface area contributed by atoms with Crippen molar-refractivity contribution in [2.24, 2.45) is 0 Å². The Bertz CT molecular complexity index is 141. The van der Waals surface area contributed by atoms with Crippen molar-refractivity contribution in [2.75, 3.05) is 7.11 Å². The van der Waals surface area contributed by atoms with Crippen LogP contribution in [0, 0.1) is 6.58 Å². The Balaban J connectivity index is 2.99. The van der Waals surface area contributed by atoms with Crippen molar-refractivity contribution in [1.29, 1.82) is 0 Å². The number of esters is 1. The van der Waals surface area contributed by atoms with Crippen LogP contribution in [-0.4, -0.2) is 13.1 Å². The summed E-state index contributed by atoms with van der Waals surface area (Å²) in [5, 5.41) is 0. The molecule has 0 heterocycles. The molecule has 0 N–H and O–H groups in total. The summed E-state index contributed by atoms with van der Waals surface area (Å²) in [6.45, 7) is 5.24. The van der Waals surface area contributed by atoms with Crippen LogP contribution < -0.4 is 0 Å². The number of unbranched alkanes of at least 4 members (excludes halogenated alkanes) is 5. The number of carbonyl (C=O) groups excluding carboxylic acids is 1. The van der Waals surface area contributed by atoms with E-state index >= 15 is 0 Å². The fraction of sp³-hybridized carbons (Fsp3) is 0.727. The highest BCUT2D eigenvalue weighted by atomic mass is 16.5. The van der Waals surface area contributed by atoms with E-state index in [-0.39, 0.29) is 5.97 Å². The summed E-state index contributed by atoms with van der Waals surface area (Å²) in [6, 6.07) is 0. The first-order valence-corrected chi connectivity index (χ1v) is 4.91. The minimum atomic E-state index is -0.102. The molecule has 0 aliphatic rings. The number of carbonyl (C=O) groups is 1. The van der Waals surface area contributed by atoms with Gasteiger partial charge in [0, 0.05) is 12.8 Å². The molecule has 74 valence electrons. The van der Waals surface area contributed by atoms with Gasteiger partial charge < -0.3 is 4.74 Å². The maximum absolute atomic E-state index is 10.7. The van der Waals surface area contributed by atoms with Gasteiger partial charge in [0.2, 0.25) is 6.58 Å². The number of hydrogen-bond acceptors (Lipinski definition) is 2. The highest BCUT2D eigenvalue weighted by Gasteiger charge is 1.98. The number of allylic oxidation sites excluding steroid dienone is 1. The highest BCUT2D eigenvalue weighted by Crippen LogP contribution is 2.07. The second-order valence-electron chi connectivity index (χ2n) is 3.12. The Morgan fingerprint density at radius 2 is 1.85 bits per heavy atom. The average Bonchev–Trinajstić information content (AvgIpc) is 2.16. The minimum Gasteiger partial charge on any atom is -0.469 e. The zero-order valence-electron chi connectivity index (χ0n) is 8.42. The van der Waals surface area contributed by atoms with Gasteiger partial charge in [-0.05, 0) is 12.8 Å². The molecule has 0 radical (unpaired) electrons. The van der Waals surface area contributed by atoms with Crippen LogP contribution in [0.4, 0.5) is 0 Å². The molecule has 0 saturated heterocycles. The third-order valence-electron chi connectivity index (χ3n) is 1.98. The third kappa shape index (κ3) is 9.03. The summed E-state index contributed by atoms with van der Waals surface area (Å²) in [5.41, 5.74) is 0. The van der Waals surface area contributed by atoms with Crippen LogP contribution >= 0.6 is 0 Å². The summed E-state index contributed by atoms with van der Waals surface area (Å²) in [6.07, 6.45) is 8.86. The molecular formula is C11H19O2+. The van der Waals surface area contributed by atoms with Crippen LogP contribution in [0.5, 0.6) is 0 Å². The van der Waals surface area contributed by atoms with Crippen LogP contribution in [0.1, 0.15) is 44.9 Å². The van der Waals surface area contributed by atoms with E-state index in [1.54, 1.807) is 6.08 Å². The molecule has 0 unspecified atom stereocenters. The number of ether oxygens (including phenoxy) is 1. The second-order valence-corrected chi connectivity index (χ2v) is 3.12. The smallest absolute Gasteiger partial charge is 0.305 e. The lowest BCUT2D eigenvalue weighted by Crippen LogP contribution is -1.98. The van der Waals surface area contributed by atoms with Gasteiger partial charge in [0.15, 0.2) is 6.08 Å². The Hall–Kier alpha value is -0.880. The summed E-state index contributed by atoms with van der Waals surface area (Å²) < 4.78 is 4.53. The lowest BCUT2D eigenvalue weighted by atomic mass is 10.1. The van der Waals surface area contributed by atoms with E-state index in [1.807, 2.05) is 0 Å². The minimum absolute atomic E-state index is 0.102. The molecule has 2 nitrogen and oxygen atoms in total. The largest absolute Gasteiger partial charge is 0.469 e. The molecule has 0 aliphatic carbocycles. The fourth-order valence-electron chi connectivity index (χ4n) is 1.16. The maximum atomic E-state index is 10.7. The summed E-state index contributed by atoms with van der Waals surface area (Å²) in [7, 11) is 1.43. The molecular weight excluding hydrogens is 164 g/mol. The molecule has 0 aromatic carbocycles. The first-order chi connectivity index (χ1) is 6.31. The first-order valence-electron chi connectivity index (χ1n) is 4.91. The van der Waals surface area contributed by atoms with Gasteiger partial charge in [-0.2, -0.15) is 0 Å². The van der Waals surface area contributed by atoms with E-state index < -0.39 is 0 Å². The van der Waals surface area contributed by atoms with E-state index in [0.717, 1.165) is 25.7 Å². The lowest BCUT2D eigenvalue weighted by Gasteiger charge is -1.99. The molecule has 2 heteroatoms. The molecule has 0 aromatic heterocycles. The van der Waals surface area contributed by atoms with Crippen molar-refractivity contribution in [3.63, 3.8) is 0 Å². The number of methoxy groups -OCH3 is 1. The summed E-state index contributed by atoms with van der Waals surface area (Å²) in [4.78, 5) is 10.7. The number of hydrogen-bond donors (Lipinski definition) is 0. The van der Waals surface area contributed by atoms with Gasteiger partial charge in [0.1, 0.15) is 0 Å². The molecule has 0 amide bonds.